The molecule has 0 spiro atoms. The molecule has 0 saturated heterocycles. The largest absolute Gasteiger partial charge is 0.373 e. The summed E-state index contributed by atoms with van der Waals surface area (Å²) >= 11 is 6.29. The lowest BCUT2D eigenvalue weighted by atomic mass is 10.2. The maximum absolute atomic E-state index is 13.2. The summed E-state index contributed by atoms with van der Waals surface area (Å²) in [5, 5.41) is 0. The zero-order valence-corrected chi connectivity index (χ0v) is 15.9. The number of benzene rings is 2. The fourth-order valence-electron chi connectivity index (χ4n) is 1.89. The van der Waals surface area contributed by atoms with E-state index in [1.165, 1.54) is 0 Å². The third-order valence-electron chi connectivity index (χ3n) is 3.10. The molecule has 0 radical (unpaired) electrons. The molecule has 0 fully saturated rings. The molecule has 2 rings (SSSR count). The monoisotopic (exact) mass is 478 g/mol. The lowest BCUT2D eigenvalue weighted by Gasteiger charge is -2.01. The predicted octanol–water partition coefficient (Wildman–Crippen LogP) is 6.51. The molecule has 2 aromatic carbocycles. The molecule has 0 aliphatic rings. The van der Waals surface area contributed by atoms with E-state index in [9.17, 15) is 17.6 Å². The Kier molecular flexibility index (Phi) is 7.40. The van der Waals surface area contributed by atoms with Gasteiger partial charge in [0.2, 0.25) is 0 Å². The number of hydrogen-bond donors (Lipinski definition) is 0. The highest BCUT2D eigenvalue weighted by Gasteiger charge is 2.06. The maximum atomic E-state index is 13.2. The van der Waals surface area contributed by atoms with Gasteiger partial charge < -0.3 is 4.74 Å². The first-order valence-corrected chi connectivity index (χ1v) is 8.67. The van der Waals surface area contributed by atoms with Gasteiger partial charge in [-0.1, -0.05) is 56.2 Å². The smallest absolute Gasteiger partial charge is 0.159 e. The van der Waals surface area contributed by atoms with Crippen molar-refractivity contribution in [2.75, 3.05) is 13.2 Å². The van der Waals surface area contributed by atoms with Gasteiger partial charge in [0.1, 0.15) is 0 Å². The van der Waals surface area contributed by atoms with Crippen LogP contribution >= 0.6 is 31.9 Å². The van der Waals surface area contributed by atoms with Crippen molar-refractivity contribution < 1.29 is 22.3 Å². The van der Waals surface area contributed by atoms with Gasteiger partial charge >= 0.3 is 0 Å². The topological polar surface area (TPSA) is 9.23 Å². The average molecular weight is 480 g/mol. The second kappa shape index (κ2) is 9.31. The summed E-state index contributed by atoms with van der Waals surface area (Å²) < 4.78 is 58.5. The first kappa shape index (κ1) is 19.9. The normalized spacial score (nSPS) is 11.8. The van der Waals surface area contributed by atoms with Gasteiger partial charge in [0.25, 0.3) is 0 Å². The third-order valence-corrected chi connectivity index (χ3v) is 4.48. The van der Waals surface area contributed by atoms with Gasteiger partial charge in [0, 0.05) is 8.95 Å². The molecule has 1 nitrogen and oxygen atoms in total. The third kappa shape index (κ3) is 5.80. The van der Waals surface area contributed by atoms with Crippen LogP contribution in [-0.2, 0) is 4.74 Å². The Balaban J connectivity index is 1.84. The van der Waals surface area contributed by atoms with Crippen LogP contribution in [0.5, 0.6) is 0 Å². The Morgan fingerprint density at radius 3 is 1.44 bits per heavy atom. The molecule has 0 bridgehead atoms. The van der Waals surface area contributed by atoms with E-state index in [1.807, 2.05) is 0 Å². The van der Waals surface area contributed by atoms with E-state index in [0.29, 0.717) is 20.1 Å². The molecule has 0 aromatic heterocycles. The molecule has 0 unspecified atom stereocenters. The van der Waals surface area contributed by atoms with Crippen molar-refractivity contribution in [2.45, 2.75) is 0 Å². The molecular formula is C18H12Br2F4O. The van der Waals surface area contributed by atoms with Gasteiger partial charge in [0.15, 0.2) is 23.3 Å². The summed E-state index contributed by atoms with van der Waals surface area (Å²) in [5.74, 6) is -3.70. The molecular weight excluding hydrogens is 468 g/mol. The summed E-state index contributed by atoms with van der Waals surface area (Å²) in [5.41, 5.74) is 0.979. The molecule has 7 heteroatoms. The van der Waals surface area contributed by atoms with Crippen LogP contribution < -0.4 is 0 Å². The Labute approximate surface area is 159 Å². The second-order valence-corrected chi connectivity index (χ2v) is 6.63. The molecule has 0 N–H and O–H groups in total. The van der Waals surface area contributed by atoms with E-state index in [-0.39, 0.29) is 13.2 Å². The number of halogens is 6. The zero-order chi connectivity index (χ0) is 18.4. The zero-order valence-electron chi connectivity index (χ0n) is 12.7. The van der Waals surface area contributed by atoms with Gasteiger partial charge in [-0.3, -0.25) is 0 Å². The van der Waals surface area contributed by atoms with Crippen molar-refractivity contribution in [2.24, 2.45) is 0 Å². The highest BCUT2D eigenvalue weighted by Crippen LogP contribution is 2.22. The lowest BCUT2D eigenvalue weighted by molar-refractivity contribution is 0.195. The van der Waals surface area contributed by atoms with Crippen LogP contribution in [0.2, 0.25) is 0 Å². The van der Waals surface area contributed by atoms with Gasteiger partial charge in [0.05, 0.1) is 13.2 Å². The van der Waals surface area contributed by atoms with Crippen molar-refractivity contribution in [3.8, 4) is 0 Å². The standard InChI is InChI=1S/C18H12Br2F4O/c19-13-9-17(23)15(21)7-11(13)3-1-5-25-6-2-4-12-8-16(22)18(24)10-14(12)20/h1-4,7-10H,5-6H2. The summed E-state index contributed by atoms with van der Waals surface area (Å²) in [7, 11) is 0. The summed E-state index contributed by atoms with van der Waals surface area (Å²) in [6.07, 6.45) is 6.50. The van der Waals surface area contributed by atoms with Crippen LogP contribution in [0.4, 0.5) is 17.6 Å². The van der Waals surface area contributed by atoms with Gasteiger partial charge in [-0.2, -0.15) is 0 Å². The van der Waals surface area contributed by atoms with E-state index in [0.717, 1.165) is 24.3 Å². The van der Waals surface area contributed by atoms with Crippen molar-refractivity contribution in [1.82, 2.24) is 0 Å². The predicted molar refractivity (Wildman–Crippen MR) is 97.0 cm³/mol. The van der Waals surface area contributed by atoms with Crippen molar-refractivity contribution in [3.63, 3.8) is 0 Å². The minimum Gasteiger partial charge on any atom is -0.373 e. The Bertz CT molecular complexity index is 752. The summed E-state index contributed by atoms with van der Waals surface area (Å²) in [4.78, 5) is 0. The number of hydrogen-bond acceptors (Lipinski definition) is 1. The first-order chi connectivity index (χ1) is 11.9. The molecule has 0 aliphatic heterocycles. The van der Waals surface area contributed by atoms with Crippen LogP contribution in [0.1, 0.15) is 11.1 Å². The number of ether oxygens (including phenoxy) is 1. The SMILES string of the molecule is Fc1cc(Br)c(C=CCOCC=Cc2cc(F)c(F)cc2Br)cc1F. The fourth-order valence-corrected chi connectivity index (χ4v) is 2.78. The molecule has 0 atom stereocenters. The van der Waals surface area contributed by atoms with Gasteiger partial charge in [-0.05, 0) is 35.4 Å². The molecule has 2 aromatic rings. The maximum Gasteiger partial charge on any atom is 0.159 e. The Morgan fingerprint density at radius 2 is 1.04 bits per heavy atom. The summed E-state index contributed by atoms with van der Waals surface area (Å²) in [6, 6.07) is 4.27. The quantitative estimate of drug-likeness (QED) is 0.260. The number of rotatable bonds is 6. The van der Waals surface area contributed by atoms with Crippen molar-refractivity contribution >= 4 is 44.0 Å². The molecule has 25 heavy (non-hydrogen) atoms. The van der Waals surface area contributed by atoms with E-state index in [4.69, 9.17) is 4.74 Å². The van der Waals surface area contributed by atoms with Crippen LogP contribution in [-0.4, -0.2) is 13.2 Å². The van der Waals surface area contributed by atoms with E-state index >= 15 is 0 Å². The summed E-state index contributed by atoms with van der Waals surface area (Å²) in [6.45, 7) is 0.490. The van der Waals surface area contributed by atoms with Gasteiger partial charge in [-0.15, -0.1) is 0 Å². The highest BCUT2D eigenvalue weighted by molar-refractivity contribution is 9.10. The molecule has 0 saturated carbocycles. The highest BCUT2D eigenvalue weighted by atomic mass is 79.9. The Hall–Kier alpha value is -1.44. The molecule has 132 valence electrons. The fraction of sp³-hybridized carbons (Fsp3) is 0.111. The van der Waals surface area contributed by atoms with Crippen molar-refractivity contribution in [3.05, 3.63) is 79.8 Å². The van der Waals surface area contributed by atoms with E-state index in [2.05, 4.69) is 31.9 Å². The molecule has 0 aliphatic carbocycles. The minimum absolute atomic E-state index is 0.245. The van der Waals surface area contributed by atoms with E-state index < -0.39 is 23.3 Å². The Morgan fingerprint density at radius 1 is 0.680 bits per heavy atom. The minimum atomic E-state index is -0.927. The molecule has 0 heterocycles. The van der Waals surface area contributed by atoms with Gasteiger partial charge in [-0.25, -0.2) is 17.6 Å². The van der Waals surface area contributed by atoms with Crippen LogP contribution in [0, 0.1) is 23.3 Å². The molecule has 0 amide bonds. The second-order valence-electron chi connectivity index (χ2n) is 4.92. The average Bonchev–Trinajstić information content (AvgIpc) is 2.55. The van der Waals surface area contributed by atoms with Crippen molar-refractivity contribution in [1.29, 1.82) is 0 Å². The van der Waals surface area contributed by atoms with Crippen LogP contribution in [0.15, 0.2) is 45.4 Å². The van der Waals surface area contributed by atoms with Crippen LogP contribution in [0.25, 0.3) is 12.2 Å². The van der Waals surface area contributed by atoms with Crippen LogP contribution in [0.3, 0.4) is 0 Å². The lowest BCUT2D eigenvalue weighted by Crippen LogP contribution is -1.92. The van der Waals surface area contributed by atoms with E-state index in [1.54, 1.807) is 24.3 Å². The first-order valence-electron chi connectivity index (χ1n) is 7.08.